The number of likely N-dealkylation sites (N-methyl/N-ethyl adjacent to an activating group) is 1. The Kier molecular flexibility index (Phi) is 5.89. The van der Waals surface area contributed by atoms with Crippen molar-refractivity contribution in [3.05, 3.63) is 42.5 Å². The summed E-state index contributed by atoms with van der Waals surface area (Å²) in [5.41, 5.74) is 0.809. The van der Waals surface area contributed by atoms with Gasteiger partial charge in [-0.2, -0.15) is 0 Å². The van der Waals surface area contributed by atoms with E-state index in [-0.39, 0.29) is 24.4 Å². The molecule has 2 amide bonds. The lowest BCUT2D eigenvalue weighted by Gasteiger charge is -2.22. The highest BCUT2D eigenvalue weighted by atomic mass is 16.2. The van der Waals surface area contributed by atoms with Crippen molar-refractivity contribution in [2.75, 3.05) is 18.9 Å². The van der Waals surface area contributed by atoms with Crippen LogP contribution < -0.4 is 15.5 Å². The van der Waals surface area contributed by atoms with Crippen LogP contribution in [0.5, 0.6) is 0 Å². The molecular formula is C21H28N3O2+. The average Bonchev–Trinajstić information content (AvgIpc) is 3.14. The Bertz CT molecular complexity index is 778. The van der Waals surface area contributed by atoms with E-state index < -0.39 is 0 Å². The van der Waals surface area contributed by atoms with Gasteiger partial charge in [0.1, 0.15) is 0 Å². The summed E-state index contributed by atoms with van der Waals surface area (Å²) >= 11 is 0. The summed E-state index contributed by atoms with van der Waals surface area (Å²) in [6, 6.07) is 13.9. The normalized spacial score (nSPS) is 17.0. The van der Waals surface area contributed by atoms with Crippen LogP contribution in [0.15, 0.2) is 42.5 Å². The number of anilines is 1. The first-order valence-corrected chi connectivity index (χ1v) is 9.45. The number of carbonyl (C=O) groups is 2. The van der Waals surface area contributed by atoms with Gasteiger partial charge >= 0.3 is 0 Å². The first-order valence-electron chi connectivity index (χ1n) is 9.45. The number of amides is 2. The Morgan fingerprint density at radius 1 is 1.12 bits per heavy atom. The number of benzene rings is 2. The zero-order chi connectivity index (χ0) is 18.5. The van der Waals surface area contributed by atoms with Gasteiger partial charge in [-0.3, -0.25) is 9.59 Å². The van der Waals surface area contributed by atoms with Gasteiger partial charge < -0.3 is 15.5 Å². The van der Waals surface area contributed by atoms with Crippen molar-refractivity contribution in [3.8, 4) is 0 Å². The van der Waals surface area contributed by atoms with Gasteiger partial charge in [-0.05, 0) is 31.2 Å². The minimum absolute atomic E-state index is 0.0346. The number of fused-ring (bicyclic) bond motifs is 1. The Labute approximate surface area is 154 Å². The molecule has 1 aliphatic rings. The lowest BCUT2D eigenvalue weighted by Crippen LogP contribution is -3.15. The summed E-state index contributed by atoms with van der Waals surface area (Å²) in [4.78, 5) is 25.8. The second-order valence-corrected chi connectivity index (χ2v) is 7.31. The summed E-state index contributed by atoms with van der Waals surface area (Å²) in [6.07, 6.45) is 4.52. The number of quaternary nitrogens is 1. The second-order valence-electron chi connectivity index (χ2n) is 7.31. The number of nitrogens with one attached hydrogen (secondary N) is 3. The topological polar surface area (TPSA) is 62.6 Å². The molecule has 1 unspecified atom stereocenters. The van der Waals surface area contributed by atoms with Gasteiger partial charge in [0, 0.05) is 17.1 Å². The van der Waals surface area contributed by atoms with Crippen molar-refractivity contribution < 1.29 is 14.5 Å². The minimum atomic E-state index is -0.256. The predicted octanol–water partition coefficient (Wildman–Crippen LogP) is 1.74. The highest BCUT2D eigenvalue weighted by Gasteiger charge is 2.27. The molecule has 0 aromatic heterocycles. The average molecular weight is 354 g/mol. The molecule has 1 aliphatic carbocycles. The molecule has 1 fully saturated rings. The SMILES string of the molecule is C[C@@H](C(=O)NC1CCCC1)[NH+](C)CC(=O)Nc1cccc2ccccc12. The van der Waals surface area contributed by atoms with Crippen LogP contribution in [0.1, 0.15) is 32.6 Å². The Hall–Kier alpha value is -2.40. The van der Waals surface area contributed by atoms with Crippen LogP contribution in [0, 0.1) is 0 Å². The largest absolute Gasteiger partial charge is 0.348 e. The molecule has 2 atom stereocenters. The third-order valence-electron chi connectivity index (χ3n) is 5.34. The molecular weight excluding hydrogens is 326 g/mol. The Balaban J connectivity index is 1.57. The van der Waals surface area contributed by atoms with Crippen molar-refractivity contribution >= 4 is 28.3 Å². The summed E-state index contributed by atoms with van der Waals surface area (Å²) in [5, 5.41) is 8.22. The van der Waals surface area contributed by atoms with Gasteiger partial charge in [0.15, 0.2) is 12.6 Å². The molecule has 138 valence electrons. The smallest absolute Gasteiger partial charge is 0.279 e. The molecule has 0 spiro atoms. The molecule has 26 heavy (non-hydrogen) atoms. The molecule has 5 heteroatoms. The van der Waals surface area contributed by atoms with E-state index in [1.165, 1.54) is 12.8 Å². The van der Waals surface area contributed by atoms with E-state index >= 15 is 0 Å². The second kappa shape index (κ2) is 8.32. The standard InChI is InChI=1S/C21H27N3O2/c1-15(21(26)22-17-10-4-5-11-17)24(2)14-20(25)23-19-13-7-9-16-8-3-6-12-18(16)19/h3,6-9,12-13,15,17H,4-5,10-11,14H2,1-2H3,(H,22,26)(H,23,25)/p+1/t15-/m0/s1. The molecule has 0 saturated heterocycles. The zero-order valence-electron chi connectivity index (χ0n) is 15.5. The molecule has 3 rings (SSSR count). The fourth-order valence-corrected chi connectivity index (χ4v) is 3.56. The summed E-state index contributed by atoms with van der Waals surface area (Å²) in [6.45, 7) is 2.13. The molecule has 0 aliphatic heterocycles. The number of carbonyl (C=O) groups excluding carboxylic acids is 2. The zero-order valence-corrected chi connectivity index (χ0v) is 15.5. The van der Waals surface area contributed by atoms with Crippen molar-refractivity contribution in [1.29, 1.82) is 0 Å². The summed E-state index contributed by atoms with van der Waals surface area (Å²) < 4.78 is 0. The van der Waals surface area contributed by atoms with Crippen molar-refractivity contribution in [2.24, 2.45) is 0 Å². The van der Waals surface area contributed by atoms with Gasteiger partial charge in [0.05, 0.1) is 7.05 Å². The van der Waals surface area contributed by atoms with Gasteiger partial charge in [0.2, 0.25) is 0 Å². The highest BCUT2D eigenvalue weighted by molar-refractivity contribution is 6.02. The van der Waals surface area contributed by atoms with Crippen LogP contribution in [0.4, 0.5) is 5.69 Å². The number of hydrogen-bond donors (Lipinski definition) is 3. The maximum atomic E-state index is 12.5. The monoisotopic (exact) mass is 354 g/mol. The van der Waals surface area contributed by atoms with Crippen LogP contribution in [0.2, 0.25) is 0 Å². The molecule has 0 bridgehead atoms. The van der Waals surface area contributed by atoms with E-state index in [4.69, 9.17) is 0 Å². The van der Waals surface area contributed by atoms with E-state index in [0.29, 0.717) is 6.04 Å². The number of rotatable bonds is 6. The van der Waals surface area contributed by atoms with Gasteiger partial charge in [-0.15, -0.1) is 0 Å². The first-order chi connectivity index (χ1) is 12.5. The van der Waals surface area contributed by atoms with Crippen molar-refractivity contribution in [3.63, 3.8) is 0 Å². The lowest BCUT2D eigenvalue weighted by atomic mass is 10.1. The molecule has 2 aromatic carbocycles. The van der Waals surface area contributed by atoms with E-state index in [0.717, 1.165) is 34.2 Å². The summed E-state index contributed by atoms with van der Waals surface area (Å²) in [5.74, 6) is -0.0493. The number of hydrogen-bond acceptors (Lipinski definition) is 2. The van der Waals surface area contributed by atoms with E-state index in [2.05, 4.69) is 10.6 Å². The highest BCUT2D eigenvalue weighted by Crippen LogP contribution is 2.22. The van der Waals surface area contributed by atoms with Gasteiger partial charge in [-0.25, -0.2) is 0 Å². The predicted molar refractivity (Wildman–Crippen MR) is 104 cm³/mol. The van der Waals surface area contributed by atoms with E-state index in [1.54, 1.807) is 0 Å². The molecule has 0 radical (unpaired) electrons. The third-order valence-corrected chi connectivity index (χ3v) is 5.34. The molecule has 0 heterocycles. The molecule has 1 saturated carbocycles. The molecule has 2 aromatic rings. The van der Waals surface area contributed by atoms with Gasteiger partial charge in [-0.1, -0.05) is 49.2 Å². The quantitative estimate of drug-likeness (QED) is 0.740. The molecule has 3 N–H and O–H groups in total. The minimum Gasteiger partial charge on any atom is -0.348 e. The Morgan fingerprint density at radius 2 is 1.81 bits per heavy atom. The van der Waals surface area contributed by atoms with Crippen LogP contribution in [-0.2, 0) is 9.59 Å². The third kappa shape index (κ3) is 4.41. The fraction of sp³-hybridized carbons (Fsp3) is 0.429. The van der Waals surface area contributed by atoms with E-state index in [1.807, 2.05) is 56.4 Å². The lowest BCUT2D eigenvalue weighted by molar-refractivity contribution is -0.885. The Morgan fingerprint density at radius 3 is 2.58 bits per heavy atom. The maximum absolute atomic E-state index is 12.5. The van der Waals surface area contributed by atoms with Crippen LogP contribution in [0.3, 0.4) is 0 Å². The van der Waals surface area contributed by atoms with Crippen molar-refractivity contribution in [2.45, 2.75) is 44.7 Å². The van der Waals surface area contributed by atoms with Gasteiger partial charge in [0.25, 0.3) is 11.8 Å². The van der Waals surface area contributed by atoms with Crippen LogP contribution in [-0.4, -0.2) is 37.5 Å². The van der Waals surface area contributed by atoms with Crippen molar-refractivity contribution in [1.82, 2.24) is 5.32 Å². The van der Waals surface area contributed by atoms with E-state index in [9.17, 15) is 9.59 Å². The fourth-order valence-electron chi connectivity index (χ4n) is 3.56. The molecule has 5 nitrogen and oxygen atoms in total. The first kappa shape index (κ1) is 18.4. The summed E-state index contributed by atoms with van der Waals surface area (Å²) in [7, 11) is 1.89. The van der Waals surface area contributed by atoms with Crippen LogP contribution in [0.25, 0.3) is 10.8 Å². The van der Waals surface area contributed by atoms with Crippen LogP contribution >= 0.6 is 0 Å². The maximum Gasteiger partial charge on any atom is 0.279 e.